The lowest BCUT2D eigenvalue weighted by molar-refractivity contribution is -0.110. The number of nitrogens with one attached hydrogen (secondary N) is 1. The minimum Gasteiger partial charge on any atom is -0.478 e. The molecule has 0 bridgehead atoms. The smallest absolute Gasteiger partial charge is 0.335 e. The van der Waals surface area contributed by atoms with Crippen molar-refractivity contribution in [1.82, 2.24) is 0 Å². The van der Waals surface area contributed by atoms with Gasteiger partial charge in [0.2, 0.25) is 0 Å². The van der Waals surface area contributed by atoms with Gasteiger partial charge in [-0.05, 0) is 42.5 Å². The van der Waals surface area contributed by atoms with E-state index in [1.54, 1.807) is 6.07 Å². The Morgan fingerprint density at radius 1 is 1.39 bits per heavy atom. The lowest BCUT2D eigenvalue weighted by Gasteiger charge is -2.08. The van der Waals surface area contributed by atoms with Crippen molar-refractivity contribution >= 4 is 23.8 Å². The first kappa shape index (κ1) is 12.1. The number of nitrogens with zero attached hydrogens (tertiary/aromatic N) is 1. The van der Waals surface area contributed by atoms with Gasteiger partial charge in [-0.25, -0.2) is 4.79 Å². The molecule has 1 aliphatic rings. The van der Waals surface area contributed by atoms with Crippen LogP contribution in [-0.4, -0.2) is 28.4 Å². The number of oxime groups is 1. The number of hydrogen-bond acceptors (Lipinski definition) is 4. The van der Waals surface area contributed by atoms with Crippen LogP contribution in [0.1, 0.15) is 34.7 Å². The first-order valence-corrected chi connectivity index (χ1v) is 5.47. The Bertz CT molecular complexity index is 521. The quantitative estimate of drug-likeness (QED) is 0.428. The van der Waals surface area contributed by atoms with Gasteiger partial charge in [0.25, 0.3) is 5.91 Å². The number of aromatic carboxylic acids is 1. The summed E-state index contributed by atoms with van der Waals surface area (Å²) in [5, 5.41) is 22.4. The SMILES string of the molecule is O=C(/C=N/O)Nc1ccc(C(=O)O)c(C2CC2)c1. The first-order chi connectivity index (χ1) is 8.61. The second-order valence-corrected chi connectivity index (χ2v) is 4.12. The summed E-state index contributed by atoms with van der Waals surface area (Å²) in [5.74, 6) is -1.27. The molecule has 0 aliphatic heterocycles. The number of anilines is 1. The third-order valence-electron chi connectivity index (χ3n) is 2.74. The van der Waals surface area contributed by atoms with Crippen LogP contribution in [0.5, 0.6) is 0 Å². The molecule has 1 aromatic carbocycles. The van der Waals surface area contributed by atoms with E-state index in [1.807, 2.05) is 0 Å². The minimum atomic E-state index is -0.966. The molecule has 2 rings (SSSR count). The summed E-state index contributed by atoms with van der Waals surface area (Å²) in [6, 6.07) is 4.64. The van der Waals surface area contributed by atoms with Crippen LogP contribution in [0.15, 0.2) is 23.4 Å². The monoisotopic (exact) mass is 248 g/mol. The van der Waals surface area contributed by atoms with Crippen molar-refractivity contribution in [3.05, 3.63) is 29.3 Å². The maximum absolute atomic E-state index is 11.2. The van der Waals surface area contributed by atoms with Crippen molar-refractivity contribution in [2.75, 3.05) is 5.32 Å². The fourth-order valence-electron chi connectivity index (χ4n) is 1.79. The predicted molar refractivity (Wildman–Crippen MR) is 64.3 cm³/mol. The number of carboxylic acid groups (broad SMARTS) is 1. The van der Waals surface area contributed by atoms with Gasteiger partial charge in [-0.2, -0.15) is 0 Å². The van der Waals surface area contributed by atoms with E-state index >= 15 is 0 Å². The molecule has 1 aromatic rings. The van der Waals surface area contributed by atoms with Gasteiger partial charge in [-0.1, -0.05) is 5.16 Å². The maximum Gasteiger partial charge on any atom is 0.335 e. The summed E-state index contributed by atoms with van der Waals surface area (Å²) in [4.78, 5) is 22.2. The lowest BCUT2D eigenvalue weighted by Crippen LogP contribution is -2.13. The number of amides is 1. The predicted octanol–water partition coefficient (Wildman–Crippen LogP) is 1.66. The topological polar surface area (TPSA) is 99.0 Å². The van der Waals surface area contributed by atoms with E-state index in [1.165, 1.54) is 12.1 Å². The highest BCUT2D eigenvalue weighted by Gasteiger charge is 2.28. The van der Waals surface area contributed by atoms with Crippen molar-refractivity contribution in [3.8, 4) is 0 Å². The summed E-state index contributed by atoms with van der Waals surface area (Å²) in [6.45, 7) is 0. The van der Waals surface area contributed by atoms with E-state index in [0.29, 0.717) is 5.69 Å². The van der Waals surface area contributed by atoms with Crippen molar-refractivity contribution in [3.63, 3.8) is 0 Å². The fourth-order valence-corrected chi connectivity index (χ4v) is 1.79. The molecule has 1 saturated carbocycles. The van der Waals surface area contributed by atoms with Crippen LogP contribution in [0.3, 0.4) is 0 Å². The second-order valence-electron chi connectivity index (χ2n) is 4.12. The zero-order chi connectivity index (χ0) is 13.1. The Kier molecular flexibility index (Phi) is 3.27. The number of hydrogen-bond donors (Lipinski definition) is 3. The Hall–Kier alpha value is -2.37. The summed E-state index contributed by atoms with van der Waals surface area (Å²) >= 11 is 0. The third-order valence-corrected chi connectivity index (χ3v) is 2.74. The molecule has 1 fully saturated rings. The molecular weight excluding hydrogens is 236 g/mol. The second kappa shape index (κ2) is 4.87. The fraction of sp³-hybridized carbons (Fsp3) is 0.250. The Morgan fingerprint density at radius 2 is 2.11 bits per heavy atom. The van der Waals surface area contributed by atoms with E-state index in [-0.39, 0.29) is 11.5 Å². The van der Waals surface area contributed by atoms with Gasteiger partial charge in [0.15, 0.2) is 0 Å². The molecular formula is C12H12N2O4. The van der Waals surface area contributed by atoms with Gasteiger partial charge in [-0.15, -0.1) is 0 Å². The third kappa shape index (κ3) is 2.65. The average Bonchev–Trinajstić information content (AvgIpc) is 3.12. The molecule has 1 aliphatic carbocycles. The van der Waals surface area contributed by atoms with Gasteiger partial charge in [0, 0.05) is 5.69 Å². The van der Waals surface area contributed by atoms with E-state index in [2.05, 4.69) is 10.5 Å². The van der Waals surface area contributed by atoms with Crippen molar-refractivity contribution < 1.29 is 19.9 Å². The van der Waals surface area contributed by atoms with Gasteiger partial charge < -0.3 is 15.6 Å². The van der Waals surface area contributed by atoms with Crippen LogP contribution >= 0.6 is 0 Å². The molecule has 0 aromatic heterocycles. The summed E-state index contributed by atoms with van der Waals surface area (Å²) < 4.78 is 0. The molecule has 0 unspecified atom stereocenters. The Labute approximate surface area is 103 Å². The van der Waals surface area contributed by atoms with Gasteiger partial charge >= 0.3 is 5.97 Å². The zero-order valence-electron chi connectivity index (χ0n) is 9.46. The molecule has 6 heteroatoms. The lowest BCUT2D eigenvalue weighted by atomic mass is 10.0. The van der Waals surface area contributed by atoms with Crippen LogP contribution in [0.2, 0.25) is 0 Å². The number of carbonyl (C=O) groups is 2. The molecule has 0 atom stereocenters. The normalized spacial score (nSPS) is 14.7. The number of carbonyl (C=O) groups excluding carboxylic acids is 1. The van der Waals surface area contributed by atoms with Crippen LogP contribution in [0.25, 0.3) is 0 Å². The number of rotatable bonds is 4. The molecule has 18 heavy (non-hydrogen) atoms. The van der Waals surface area contributed by atoms with E-state index < -0.39 is 11.9 Å². The standard InChI is InChI=1S/C12H12N2O4/c15-11(6-13-18)14-8-3-4-9(12(16)17)10(5-8)7-1-2-7/h3-7,18H,1-2H2,(H,14,15)(H,16,17)/b13-6+. The molecule has 1 amide bonds. The van der Waals surface area contributed by atoms with Gasteiger partial charge in [-0.3, -0.25) is 4.79 Å². The molecule has 3 N–H and O–H groups in total. The van der Waals surface area contributed by atoms with Crippen LogP contribution in [-0.2, 0) is 4.79 Å². The summed E-state index contributed by atoms with van der Waals surface area (Å²) in [7, 11) is 0. The van der Waals surface area contributed by atoms with Crippen molar-refractivity contribution in [2.45, 2.75) is 18.8 Å². The van der Waals surface area contributed by atoms with Crippen LogP contribution < -0.4 is 5.32 Å². The maximum atomic E-state index is 11.2. The first-order valence-electron chi connectivity index (χ1n) is 5.47. The Balaban J connectivity index is 2.26. The van der Waals surface area contributed by atoms with Crippen LogP contribution in [0, 0.1) is 0 Å². The molecule has 0 spiro atoms. The highest BCUT2D eigenvalue weighted by atomic mass is 16.4. The highest BCUT2D eigenvalue weighted by molar-refractivity contribution is 6.31. The highest BCUT2D eigenvalue weighted by Crippen LogP contribution is 2.42. The molecule has 0 heterocycles. The van der Waals surface area contributed by atoms with Crippen molar-refractivity contribution in [1.29, 1.82) is 0 Å². The van der Waals surface area contributed by atoms with E-state index in [9.17, 15) is 9.59 Å². The van der Waals surface area contributed by atoms with E-state index in [0.717, 1.165) is 24.6 Å². The zero-order valence-corrected chi connectivity index (χ0v) is 9.46. The molecule has 6 nitrogen and oxygen atoms in total. The number of carboxylic acids is 1. The van der Waals surface area contributed by atoms with Gasteiger partial charge in [0.05, 0.1) is 5.56 Å². The minimum absolute atomic E-state index is 0.263. The largest absolute Gasteiger partial charge is 0.478 e. The molecule has 0 radical (unpaired) electrons. The van der Waals surface area contributed by atoms with Crippen molar-refractivity contribution in [2.24, 2.45) is 5.16 Å². The summed E-state index contributed by atoms with van der Waals surface area (Å²) in [5.41, 5.74) is 1.50. The van der Waals surface area contributed by atoms with E-state index in [4.69, 9.17) is 10.3 Å². The Morgan fingerprint density at radius 3 is 2.67 bits per heavy atom. The number of benzene rings is 1. The van der Waals surface area contributed by atoms with Gasteiger partial charge in [0.1, 0.15) is 6.21 Å². The average molecular weight is 248 g/mol. The molecule has 94 valence electrons. The summed E-state index contributed by atoms with van der Waals surface area (Å²) in [6.07, 6.45) is 2.67. The molecule has 0 saturated heterocycles. The van der Waals surface area contributed by atoms with Crippen LogP contribution in [0.4, 0.5) is 5.69 Å².